The average molecular weight is 294 g/mol. The number of carbonyl (C=O) groups excluding carboxylic acids is 1. The Hall–Kier alpha value is -2.25. The van der Waals surface area contributed by atoms with Crippen molar-refractivity contribution in [1.29, 1.82) is 0 Å². The first-order valence-electron chi connectivity index (χ1n) is 7.74. The summed E-state index contributed by atoms with van der Waals surface area (Å²) in [4.78, 5) is 14.9. The highest BCUT2D eigenvalue weighted by molar-refractivity contribution is 5.98. The maximum Gasteiger partial charge on any atom is 0.251 e. The number of amides is 1. The molecule has 2 aliphatic heterocycles. The molecular formula is C18H18N2O2. The standard InChI is InChI=1S/C18H18N2O2/c1-2-13-11-22-17-8-14(3-4-16(13)17)18(21)19-15-7-12-5-6-20(9-12)10-15/h1,3-4,8,11-12,15H,5-7,9-10H2,(H,19,21)/t12-,15-/m1/s1. The zero-order chi connectivity index (χ0) is 15.1. The van der Waals surface area contributed by atoms with Gasteiger partial charge in [-0.1, -0.05) is 5.92 Å². The largest absolute Gasteiger partial charge is 0.463 e. The Labute approximate surface area is 129 Å². The van der Waals surface area contributed by atoms with E-state index >= 15 is 0 Å². The van der Waals surface area contributed by atoms with Gasteiger partial charge in [0.2, 0.25) is 0 Å². The van der Waals surface area contributed by atoms with Gasteiger partial charge >= 0.3 is 0 Å². The Morgan fingerprint density at radius 2 is 2.32 bits per heavy atom. The summed E-state index contributed by atoms with van der Waals surface area (Å²) in [6, 6.07) is 5.69. The fraction of sp³-hybridized carbons (Fsp3) is 0.389. The van der Waals surface area contributed by atoms with Crippen molar-refractivity contribution in [1.82, 2.24) is 10.2 Å². The molecule has 4 heteroatoms. The summed E-state index contributed by atoms with van der Waals surface area (Å²) in [6.07, 6.45) is 9.33. The summed E-state index contributed by atoms with van der Waals surface area (Å²) < 4.78 is 5.43. The second-order valence-corrected chi connectivity index (χ2v) is 6.33. The van der Waals surface area contributed by atoms with Crippen molar-refractivity contribution < 1.29 is 9.21 Å². The van der Waals surface area contributed by atoms with Crippen LogP contribution in [0.2, 0.25) is 0 Å². The van der Waals surface area contributed by atoms with E-state index in [1.165, 1.54) is 19.5 Å². The summed E-state index contributed by atoms with van der Waals surface area (Å²) in [6.45, 7) is 3.33. The molecule has 1 unspecified atom stereocenters. The fourth-order valence-electron chi connectivity index (χ4n) is 3.71. The van der Waals surface area contributed by atoms with E-state index in [0.29, 0.717) is 11.1 Å². The van der Waals surface area contributed by atoms with Crippen LogP contribution in [-0.2, 0) is 0 Å². The Morgan fingerprint density at radius 3 is 3.14 bits per heavy atom. The molecule has 0 aliphatic carbocycles. The monoisotopic (exact) mass is 294 g/mol. The summed E-state index contributed by atoms with van der Waals surface area (Å²) in [5.74, 6) is 3.29. The van der Waals surface area contributed by atoms with Crippen LogP contribution in [0.1, 0.15) is 28.8 Å². The molecule has 0 saturated carbocycles. The second-order valence-electron chi connectivity index (χ2n) is 6.33. The minimum atomic E-state index is -0.0342. The highest BCUT2D eigenvalue weighted by Crippen LogP contribution is 2.27. The van der Waals surface area contributed by atoms with Crippen LogP contribution in [0.15, 0.2) is 28.9 Å². The summed E-state index contributed by atoms with van der Waals surface area (Å²) in [7, 11) is 0. The lowest BCUT2D eigenvalue weighted by molar-refractivity contribution is 0.0909. The third-order valence-electron chi connectivity index (χ3n) is 4.79. The van der Waals surface area contributed by atoms with Crippen LogP contribution in [0.25, 0.3) is 11.0 Å². The number of fused-ring (bicyclic) bond motifs is 3. The lowest BCUT2D eigenvalue weighted by Crippen LogP contribution is -2.47. The first kappa shape index (κ1) is 13.4. The molecule has 1 N–H and O–H groups in total. The Morgan fingerprint density at radius 1 is 1.41 bits per heavy atom. The van der Waals surface area contributed by atoms with Gasteiger partial charge in [-0.25, -0.2) is 0 Å². The van der Waals surface area contributed by atoms with Crippen LogP contribution in [0, 0.1) is 18.3 Å². The van der Waals surface area contributed by atoms with Gasteiger partial charge in [0.1, 0.15) is 11.8 Å². The second kappa shape index (κ2) is 5.19. The number of benzene rings is 1. The maximum atomic E-state index is 12.5. The molecule has 3 atom stereocenters. The number of piperidine rings is 1. The third-order valence-corrected chi connectivity index (χ3v) is 4.79. The Bertz CT molecular complexity index is 759. The SMILES string of the molecule is C#Cc1coc2cc(C(=O)N[C@@H]3C[C@H]4CCN(C4)C3)ccc12. The van der Waals surface area contributed by atoms with Crippen LogP contribution in [0.4, 0.5) is 0 Å². The van der Waals surface area contributed by atoms with E-state index < -0.39 is 0 Å². The third kappa shape index (κ3) is 2.28. The molecule has 1 aromatic carbocycles. The molecular weight excluding hydrogens is 276 g/mol. The first-order valence-corrected chi connectivity index (χ1v) is 7.74. The zero-order valence-electron chi connectivity index (χ0n) is 12.3. The van der Waals surface area contributed by atoms with E-state index in [2.05, 4.69) is 16.1 Å². The topological polar surface area (TPSA) is 45.5 Å². The van der Waals surface area contributed by atoms with E-state index in [9.17, 15) is 4.79 Å². The molecule has 22 heavy (non-hydrogen) atoms. The van der Waals surface area contributed by atoms with Gasteiger partial charge in [0.25, 0.3) is 5.91 Å². The van der Waals surface area contributed by atoms with Gasteiger partial charge in [-0.15, -0.1) is 6.42 Å². The molecule has 3 heterocycles. The summed E-state index contributed by atoms with van der Waals surface area (Å²) >= 11 is 0. The number of rotatable bonds is 2. The van der Waals surface area contributed by atoms with E-state index in [1.54, 1.807) is 12.3 Å². The molecule has 2 saturated heterocycles. The van der Waals surface area contributed by atoms with Crippen LogP contribution in [0.5, 0.6) is 0 Å². The molecule has 112 valence electrons. The van der Waals surface area contributed by atoms with Gasteiger partial charge in [-0.2, -0.15) is 0 Å². The number of hydrogen-bond acceptors (Lipinski definition) is 3. The first-order chi connectivity index (χ1) is 10.7. The molecule has 1 aromatic heterocycles. The Kier molecular flexibility index (Phi) is 3.16. The van der Waals surface area contributed by atoms with Gasteiger partial charge in [0, 0.05) is 30.1 Å². The highest BCUT2D eigenvalue weighted by atomic mass is 16.3. The van der Waals surface area contributed by atoms with E-state index in [0.717, 1.165) is 29.8 Å². The van der Waals surface area contributed by atoms with Crippen molar-refractivity contribution in [2.45, 2.75) is 18.9 Å². The molecule has 2 bridgehead atoms. The maximum absolute atomic E-state index is 12.5. The van der Waals surface area contributed by atoms with Gasteiger partial charge in [-0.3, -0.25) is 4.79 Å². The number of terminal acetylenes is 1. The quantitative estimate of drug-likeness (QED) is 0.864. The van der Waals surface area contributed by atoms with E-state index in [1.807, 2.05) is 12.1 Å². The van der Waals surface area contributed by atoms with Crippen LogP contribution in [0.3, 0.4) is 0 Å². The van der Waals surface area contributed by atoms with Crippen molar-refractivity contribution >= 4 is 16.9 Å². The van der Waals surface area contributed by atoms with E-state index in [-0.39, 0.29) is 11.9 Å². The van der Waals surface area contributed by atoms with Crippen molar-refractivity contribution in [3.63, 3.8) is 0 Å². The van der Waals surface area contributed by atoms with Crippen LogP contribution >= 0.6 is 0 Å². The number of hydrogen-bond donors (Lipinski definition) is 1. The highest BCUT2D eigenvalue weighted by Gasteiger charge is 2.32. The van der Waals surface area contributed by atoms with Gasteiger partial charge in [0.15, 0.2) is 0 Å². The average Bonchev–Trinajstić information content (AvgIpc) is 3.09. The van der Waals surface area contributed by atoms with Crippen molar-refractivity contribution in [3.8, 4) is 12.3 Å². The van der Waals surface area contributed by atoms with Crippen molar-refractivity contribution in [2.24, 2.45) is 5.92 Å². The molecule has 1 amide bonds. The summed E-state index contributed by atoms with van der Waals surface area (Å²) in [5, 5.41) is 4.03. The van der Waals surface area contributed by atoms with Gasteiger partial charge in [0.05, 0.1) is 5.56 Å². The molecule has 0 radical (unpaired) electrons. The molecule has 0 spiro atoms. The lowest BCUT2D eigenvalue weighted by Gasteiger charge is -2.30. The van der Waals surface area contributed by atoms with Crippen LogP contribution in [-0.4, -0.2) is 36.5 Å². The minimum Gasteiger partial charge on any atom is -0.463 e. The predicted molar refractivity (Wildman–Crippen MR) is 84.6 cm³/mol. The van der Waals surface area contributed by atoms with Crippen LogP contribution < -0.4 is 5.32 Å². The zero-order valence-corrected chi connectivity index (χ0v) is 12.3. The van der Waals surface area contributed by atoms with Gasteiger partial charge in [-0.05, 0) is 43.5 Å². The number of nitrogens with one attached hydrogen (secondary N) is 1. The minimum absolute atomic E-state index is 0.0342. The number of carbonyl (C=O) groups is 1. The smallest absolute Gasteiger partial charge is 0.251 e. The predicted octanol–water partition coefficient (Wildman–Crippen LogP) is 2.24. The lowest BCUT2D eigenvalue weighted by atomic mass is 9.96. The summed E-state index contributed by atoms with van der Waals surface area (Å²) in [5.41, 5.74) is 2.00. The Balaban J connectivity index is 1.52. The normalized spacial score (nSPS) is 26.8. The van der Waals surface area contributed by atoms with E-state index in [4.69, 9.17) is 10.8 Å². The molecule has 4 rings (SSSR count). The molecule has 2 aromatic rings. The number of nitrogens with zero attached hydrogens (tertiary/aromatic N) is 1. The van der Waals surface area contributed by atoms with Crippen molar-refractivity contribution in [3.05, 3.63) is 35.6 Å². The number of furan rings is 1. The molecule has 2 aliphatic rings. The molecule has 2 fully saturated rings. The van der Waals surface area contributed by atoms with Gasteiger partial charge < -0.3 is 14.6 Å². The molecule has 4 nitrogen and oxygen atoms in total. The fourth-order valence-corrected chi connectivity index (χ4v) is 3.71. The van der Waals surface area contributed by atoms with Crippen molar-refractivity contribution in [2.75, 3.05) is 19.6 Å².